The van der Waals surface area contributed by atoms with Gasteiger partial charge in [0.1, 0.15) is 18.1 Å². The van der Waals surface area contributed by atoms with Gasteiger partial charge in [-0.3, -0.25) is 10.1 Å². The van der Waals surface area contributed by atoms with Crippen LogP contribution in [0.3, 0.4) is 0 Å². The molecule has 1 unspecified atom stereocenters. The number of hydrogen-bond donors (Lipinski definition) is 2. The van der Waals surface area contributed by atoms with Crippen molar-refractivity contribution in [2.45, 2.75) is 26.3 Å². The third kappa shape index (κ3) is 2.95. The Morgan fingerprint density at radius 1 is 1.72 bits per heavy atom. The predicted molar refractivity (Wildman–Crippen MR) is 68.7 cm³/mol. The van der Waals surface area contributed by atoms with E-state index in [9.17, 15) is 14.9 Å². The van der Waals surface area contributed by atoms with Gasteiger partial charge in [-0.1, -0.05) is 6.92 Å². The number of anilines is 1. The number of hydrogen-bond acceptors (Lipinski definition) is 5. The third-order valence-corrected chi connectivity index (χ3v) is 3.42. The molecule has 0 aliphatic carbocycles. The average molecular weight is 318 g/mol. The van der Waals surface area contributed by atoms with Crippen molar-refractivity contribution in [3.63, 3.8) is 0 Å². The van der Waals surface area contributed by atoms with Crippen molar-refractivity contribution in [3.05, 3.63) is 26.3 Å². The molecule has 1 atom stereocenters. The van der Waals surface area contributed by atoms with Gasteiger partial charge in [0.25, 0.3) is 5.69 Å². The first-order valence-electron chi connectivity index (χ1n) is 5.17. The summed E-state index contributed by atoms with van der Waals surface area (Å²) >= 11 is 3.18. The highest BCUT2D eigenvalue weighted by Gasteiger charge is 2.21. The van der Waals surface area contributed by atoms with Crippen molar-refractivity contribution in [1.82, 2.24) is 4.98 Å². The molecule has 18 heavy (non-hydrogen) atoms. The number of halogens is 1. The Morgan fingerprint density at radius 2 is 2.33 bits per heavy atom. The first kappa shape index (κ1) is 14.4. The van der Waals surface area contributed by atoms with Gasteiger partial charge in [-0.15, -0.1) is 0 Å². The van der Waals surface area contributed by atoms with E-state index < -0.39 is 16.9 Å². The van der Waals surface area contributed by atoms with E-state index in [4.69, 9.17) is 5.11 Å². The van der Waals surface area contributed by atoms with Gasteiger partial charge < -0.3 is 10.4 Å². The van der Waals surface area contributed by atoms with Crippen LogP contribution in [0.5, 0.6) is 0 Å². The average Bonchev–Trinajstić information content (AvgIpc) is 2.30. The highest BCUT2D eigenvalue weighted by molar-refractivity contribution is 9.10. The third-order valence-electron chi connectivity index (χ3n) is 2.45. The fraction of sp³-hybridized carbons (Fsp3) is 0.400. The van der Waals surface area contributed by atoms with Crippen LogP contribution in [0.15, 0.2) is 10.7 Å². The van der Waals surface area contributed by atoms with Crippen molar-refractivity contribution in [2.24, 2.45) is 0 Å². The second kappa shape index (κ2) is 5.76. The Labute approximate surface area is 112 Å². The van der Waals surface area contributed by atoms with Crippen molar-refractivity contribution in [2.75, 3.05) is 5.32 Å². The molecule has 8 heteroatoms. The SMILES string of the molecule is CCC(Nc1ncc([N+](=O)[O-])c(C)c1Br)C(=O)O. The van der Waals surface area contributed by atoms with Gasteiger partial charge in [-0.25, -0.2) is 9.78 Å². The molecule has 0 radical (unpaired) electrons. The molecule has 0 aliphatic rings. The number of rotatable bonds is 5. The maximum absolute atomic E-state index is 10.9. The van der Waals surface area contributed by atoms with Crippen molar-refractivity contribution < 1.29 is 14.8 Å². The maximum atomic E-state index is 10.9. The smallest absolute Gasteiger partial charge is 0.326 e. The summed E-state index contributed by atoms with van der Waals surface area (Å²) in [5.41, 5.74) is 0.286. The molecule has 7 nitrogen and oxygen atoms in total. The van der Waals surface area contributed by atoms with Gasteiger partial charge in [-0.05, 0) is 29.3 Å². The molecule has 1 aromatic heterocycles. The van der Waals surface area contributed by atoms with Crippen LogP contribution in [-0.4, -0.2) is 27.0 Å². The largest absolute Gasteiger partial charge is 0.480 e. The summed E-state index contributed by atoms with van der Waals surface area (Å²) in [6.07, 6.45) is 1.48. The normalized spacial score (nSPS) is 11.9. The molecule has 98 valence electrons. The standard InChI is InChI=1S/C10H12BrN3O4/c1-3-6(10(15)16)13-9-8(11)5(2)7(4-12-9)14(17)18/h4,6H,3H2,1-2H3,(H,12,13)(H,15,16). The van der Waals surface area contributed by atoms with E-state index in [2.05, 4.69) is 26.2 Å². The van der Waals surface area contributed by atoms with Crippen LogP contribution in [0, 0.1) is 17.0 Å². The van der Waals surface area contributed by atoms with Crippen LogP contribution in [0.1, 0.15) is 18.9 Å². The lowest BCUT2D eigenvalue weighted by molar-refractivity contribution is -0.385. The van der Waals surface area contributed by atoms with Gasteiger partial charge in [0.15, 0.2) is 0 Å². The van der Waals surface area contributed by atoms with Crippen molar-refractivity contribution >= 4 is 33.4 Å². The lowest BCUT2D eigenvalue weighted by Crippen LogP contribution is -2.29. The highest BCUT2D eigenvalue weighted by atomic mass is 79.9. The Bertz CT molecular complexity index is 492. The minimum absolute atomic E-state index is 0.115. The van der Waals surface area contributed by atoms with E-state index in [1.165, 1.54) is 0 Å². The molecule has 0 saturated carbocycles. The fourth-order valence-corrected chi connectivity index (χ4v) is 1.78. The van der Waals surface area contributed by atoms with Gasteiger partial charge >= 0.3 is 5.97 Å². The monoisotopic (exact) mass is 317 g/mol. The molecule has 2 N–H and O–H groups in total. The Hall–Kier alpha value is -1.70. The lowest BCUT2D eigenvalue weighted by atomic mass is 10.2. The molecule has 0 aromatic carbocycles. The van der Waals surface area contributed by atoms with E-state index in [1.54, 1.807) is 13.8 Å². The van der Waals surface area contributed by atoms with Crippen LogP contribution in [0.4, 0.5) is 11.5 Å². The van der Waals surface area contributed by atoms with Crippen molar-refractivity contribution in [3.8, 4) is 0 Å². The van der Waals surface area contributed by atoms with Crippen LogP contribution >= 0.6 is 15.9 Å². The van der Waals surface area contributed by atoms with E-state index in [1.807, 2.05) is 0 Å². The van der Waals surface area contributed by atoms with Crippen LogP contribution in [0.25, 0.3) is 0 Å². The van der Waals surface area contributed by atoms with Gasteiger partial charge in [0, 0.05) is 5.56 Å². The van der Waals surface area contributed by atoms with Gasteiger partial charge in [-0.2, -0.15) is 0 Å². The number of carboxylic acids is 1. The summed E-state index contributed by atoms with van der Waals surface area (Å²) in [7, 11) is 0. The predicted octanol–water partition coefficient (Wildman–Crippen LogP) is 2.34. The summed E-state index contributed by atoms with van der Waals surface area (Å²) in [5, 5.41) is 22.3. The first-order chi connectivity index (χ1) is 8.38. The minimum Gasteiger partial charge on any atom is -0.480 e. The Morgan fingerprint density at radius 3 is 2.78 bits per heavy atom. The summed E-state index contributed by atoms with van der Waals surface area (Å²) in [4.78, 5) is 24.9. The van der Waals surface area contributed by atoms with E-state index in [-0.39, 0.29) is 11.5 Å². The molecule has 0 bridgehead atoms. The highest BCUT2D eigenvalue weighted by Crippen LogP contribution is 2.30. The van der Waals surface area contributed by atoms with E-state index >= 15 is 0 Å². The summed E-state index contributed by atoms with van der Waals surface area (Å²) in [5.74, 6) is -0.713. The zero-order valence-corrected chi connectivity index (χ0v) is 11.4. The second-order valence-corrected chi connectivity index (χ2v) is 4.42. The van der Waals surface area contributed by atoms with Gasteiger partial charge in [0.2, 0.25) is 0 Å². The quantitative estimate of drug-likeness (QED) is 0.637. The van der Waals surface area contributed by atoms with Crippen molar-refractivity contribution in [1.29, 1.82) is 0 Å². The number of aromatic nitrogens is 1. The lowest BCUT2D eigenvalue weighted by Gasteiger charge is -2.14. The Kier molecular flexibility index (Phi) is 4.60. The molecule has 0 aliphatic heterocycles. The maximum Gasteiger partial charge on any atom is 0.326 e. The minimum atomic E-state index is -0.998. The topological polar surface area (TPSA) is 105 Å². The first-order valence-corrected chi connectivity index (χ1v) is 5.96. The molecule has 0 saturated heterocycles. The number of nitrogens with zero attached hydrogens (tertiary/aromatic N) is 2. The molecular formula is C10H12BrN3O4. The zero-order valence-electron chi connectivity index (χ0n) is 9.81. The number of carbonyl (C=O) groups is 1. The molecule has 0 amide bonds. The second-order valence-electron chi connectivity index (χ2n) is 3.63. The van der Waals surface area contributed by atoms with Crippen LogP contribution < -0.4 is 5.32 Å². The molecule has 0 spiro atoms. The zero-order chi connectivity index (χ0) is 13.9. The molecule has 0 fully saturated rings. The summed E-state index contributed by atoms with van der Waals surface area (Å²) in [6.45, 7) is 3.29. The fourth-order valence-electron chi connectivity index (χ4n) is 1.36. The van der Waals surface area contributed by atoms with E-state index in [0.29, 0.717) is 16.5 Å². The number of pyridine rings is 1. The summed E-state index contributed by atoms with van der Waals surface area (Å²) in [6, 6.07) is -0.783. The van der Waals surface area contributed by atoms with Crippen LogP contribution in [-0.2, 0) is 4.79 Å². The molecule has 1 rings (SSSR count). The van der Waals surface area contributed by atoms with E-state index in [0.717, 1.165) is 6.20 Å². The van der Waals surface area contributed by atoms with Gasteiger partial charge in [0.05, 0.1) is 9.40 Å². The summed E-state index contributed by atoms with van der Waals surface area (Å²) < 4.78 is 0.399. The Balaban J connectivity index is 3.09. The van der Waals surface area contributed by atoms with Crippen LogP contribution in [0.2, 0.25) is 0 Å². The molecule has 1 aromatic rings. The number of nitro groups is 1. The number of carboxylic acid groups (broad SMARTS) is 1. The molecule has 1 heterocycles. The number of nitrogens with one attached hydrogen (secondary N) is 1. The molecular weight excluding hydrogens is 306 g/mol. The number of aliphatic carboxylic acids is 1.